The van der Waals surface area contributed by atoms with Crippen molar-refractivity contribution in [3.63, 3.8) is 0 Å². The van der Waals surface area contributed by atoms with Gasteiger partial charge in [0, 0.05) is 19.3 Å². The van der Waals surface area contributed by atoms with Crippen molar-refractivity contribution >= 4 is 17.9 Å². The predicted molar refractivity (Wildman–Crippen MR) is 288 cm³/mol. The SMILES string of the molecule is CC/C=C\C/C=C\C/C=C\C/C=C\CCCCCCCCCCCCC(=O)OCC(COC(=O)CCCCCCCCCCCCCCC)OC(=O)CCCCCCC/C=C\CCCCCC. The number of carbonyl (C=O) groups excluding carboxylic acids is 3. The van der Waals surface area contributed by atoms with Crippen molar-refractivity contribution < 1.29 is 28.6 Å². The number of rotatable bonds is 52. The number of carbonyl (C=O) groups is 3. The first kappa shape index (κ1) is 64.1. The highest BCUT2D eigenvalue weighted by molar-refractivity contribution is 5.71. The molecule has 0 aromatic rings. The summed E-state index contributed by atoms with van der Waals surface area (Å²) in [6.07, 6.45) is 69.2. The van der Waals surface area contributed by atoms with Gasteiger partial charge >= 0.3 is 17.9 Å². The molecule has 1 unspecified atom stereocenters. The van der Waals surface area contributed by atoms with Crippen molar-refractivity contribution in [1.82, 2.24) is 0 Å². The van der Waals surface area contributed by atoms with Gasteiger partial charge in [0.15, 0.2) is 6.10 Å². The molecule has 0 aliphatic carbocycles. The summed E-state index contributed by atoms with van der Waals surface area (Å²) in [5.41, 5.74) is 0. The van der Waals surface area contributed by atoms with Crippen LogP contribution in [0.2, 0.25) is 0 Å². The summed E-state index contributed by atoms with van der Waals surface area (Å²) in [7, 11) is 0. The zero-order chi connectivity index (χ0) is 48.6. The maximum Gasteiger partial charge on any atom is 0.306 e. The zero-order valence-corrected chi connectivity index (χ0v) is 44.4. The lowest BCUT2D eigenvalue weighted by Gasteiger charge is -2.18. The van der Waals surface area contributed by atoms with Crippen LogP contribution in [0.25, 0.3) is 0 Å². The fraction of sp³-hybridized carbons (Fsp3) is 0.787. The van der Waals surface area contributed by atoms with Crippen molar-refractivity contribution in [2.45, 2.75) is 297 Å². The molecule has 0 rings (SSSR count). The molecule has 0 fully saturated rings. The Bertz CT molecular complexity index is 1210. The second-order valence-electron chi connectivity index (χ2n) is 19.2. The molecular weight excluding hydrogens is 829 g/mol. The van der Waals surface area contributed by atoms with Crippen molar-refractivity contribution in [2.75, 3.05) is 13.2 Å². The molecule has 0 N–H and O–H groups in total. The van der Waals surface area contributed by atoms with Gasteiger partial charge in [0.05, 0.1) is 0 Å². The molecule has 1 atom stereocenters. The average Bonchev–Trinajstić information content (AvgIpc) is 3.33. The van der Waals surface area contributed by atoms with Gasteiger partial charge in [0.2, 0.25) is 0 Å². The highest BCUT2D eigenvalue weighted by Crippen LogP contribution is 2.16. The van der Waals surface area contributed by atoms with Crippen molar-refractivity contribution in [3.05, 3.63) is 60.8 Å². The van der Waals surface area contributed by atoms with Crippen LogP contribution in [0.3, 0.4) is 0 Å². The van der Waals surface area contributed by atoms with E-state index in [1.165, 1.54) is 154 Å². The molecule has 67 heavy (non-hydrogen) atoms. The fourth-order valence-electron chi connectivity index (χ4n) is 8.19. The van der Waals surface area contributed by atoms with Crippen molar-refractivity contribution in [3.8, 4) is 0 Å². The molecule has 0 spiro atoms. The third-order valence-corrected chi connectivity index (χ3v) is 12.5. The van der Waals surface area contributed by atoms with Gasteiger partial charge in [-0.15, -0.1) is 0 Å². The van der Waals surface area contributed by atoms with Gasteiger partial charge in [-0.3, -0.25) is 14.4 Å². The van der Waals surface area contributed by atoms with E-state index in [4.69, 9.17) is 14.2 Å². The molecular formula is C61H108O6. The zero-order valence-electron chi connectivity index (χ0n) is 44.4. The Morgan fingerprint density at radius 1 is 0.313 bits per heavy atom. The lowest BCUT2D eigenvalue weighted by Crippen LogP contribution is -2.30. The highest BCUT2D eigenvalue weighted by Gasteiger charge is 2.19. The fourth-order valence-corrected chi connectivity index (χ4v) is 8.19. The molecule has 0 aliphatic heterocycles. The largest absolute Gasteiger partial charge is 0.462 e. The molecule has 0 aromatic heterocycles. The average molecular weight is 938 g/mol. The van der Waals surface area contributed by atoms with Crippen LogP contribution in [0.5, 0.6) is 0 Å². The molecule has 0 amide bonds. The third kappa shape index (κ3) is 53.9. The van der Waals surface area contributed by atoms with Crippen LogP contribution in [0.1, 0.15) is 290 Å². The van der Waals surface area contributed by atoms with Gasteiger partial charge in [0.25, 0.3) is 0 Å². The quantitative estimate of drug-likeness (QED) is 0.0262. The molecule has 0 bridgehead atoms. The molecule has 0 radical (unpaired) electrons. The molecule has 6 heteroatoms. The maximum absolute atomic E-state index is 12.8. The normalized spacial score (nSPS) is 12.5. The summed E-state index contributed by atoms with van der Waals surface area (Å²) >= 11 is 0. The molecule has 0 heterocycles. The van der Waals surface area contributed by atoms with Gasteiger partial charge in [0.1, 0.15) is 13.2 Å². The highest BCUT2D eigenvalue weighted by atomic mass is 16.6. The van der Waals surface area contributed by atoms with E-state index in [1.54, 1.807) is 0 Å². The standard InChI is InChI=1S/C61H108O6/c1-4-7-10-13-16-19-22-25-26-27-28-29-30-31-32-33-34-37-39-42-45-48-51-54-60(63)66-57-58(67-61(64)55-52-49-46-43-40-36-24-21-18-15-12-9-6-3)56-65-59(62)53-50-47-44-41-38-35-23-20-17-14-11-8-5-2/h7,10,16,19,21,24-26,28-29,58H,4-6,8-9,11-15,17-18,20,22-23,27,30-57H2,1-3H3/b10-7-,19-16-,24-21-,26-25-,29-28-. The first-order chi connectivity index (χ1) is 33.0. The van der Waals surface area contributed by atoms with E-state index in [9.17, 15) is 14.4 Å². The van der Waals surface area contributed by atoms with Crippen LogP contribution >= 0.6 is 0 Å². The molecule has 388 valence electrons. The van der Waals surface area contributed by atoms with Crippen LogP contribution in [-0.4, -0.2) is 37.2 Å². The minimum absolute atomic E-state index is 0.0757. The Balaban J connectivity index is 4.29. The summed E-state index contributed by atoms with van der Waals surface area (Å²) in [5, 5.41) is 0. The molecule has 6 nitrogen and oxygen atoms in total. The first-order valence-corrected chi connectivity index (χ1v) is 28.8. The summed E-state index contributed by atoms with van der Waals surface area (Å²) in [6, 6.07) is 0. The van der Waals surface area contributed by atoms with E-state index in [2.05, 4.69) is 81.5 Å². The Morgan fingerprint density at radius 3 is 0.940 bits per heavy atom. The second kappa shape index (κ2) is 55.7. The minimum atomic E-state index is -0.777. The maximum atomic E-state index is 12.8. The molecule has 0 aliphatic rings. The summed E-state index contributed by atoms with van der Waals surface area (Å²) in [4.78, 5) is 38.1. The number of hydrogen-bond acceptors (Lipinski definition) is 6. The van der Waals surface area contributed by atoms with Gasteiger partial charge in [-0.25, -0.2) is 0 Å². The summed E-state index contributed by atoms with van der Waals surface area (Å²) < 4.78 is 16.9. The molecule has 0 saturated carbocycles. The van der Waals surface area contributed by atoms with E-state index in [0.717, 1.165) is 96.3 Å². The number of hydrogen-bond donors (Lipinski definition) is 0. The Labute approximate surface area is 415 Å². The Hall–Kier alpha value is -2.89. The predicted octanol–water partition coefficient (Wildman–Crippen LogP) is 19.2. The van der Waals surface area contributed by atoms with E-state index < -0.39 is 6.10 Å². The topological polar surface area (TPSA) is 78.9 Å². The van der Waals surface area contributed by atoms with Crippen LogP contribution in [-0.2, 0) is 28.6 Å². The smallest absolute Gasteiger partial charge is 0.306 e. The van der Waals surface area contributed by atoms with E-state index in [-0.39, 0.29) is 31.1 Å². The number of ether oxygens (including phenoxy) is 3. The van der Waals surface area contributed by atoms with Crippen molar-refractivity contribution in [1.29, 1.82) is 0 Å². The van der Waals surface area contributed by atoms with E-state index in [1.807, 2.05) is 0 Å². The summed E-state index contributed by atoms with van der Waals surface area (Å²) in [6.45, 7) is 6.52. The van der Waals surface area contributed by atoms with E-state index in [0.29, 0.717) is 19.3 Å². The Kier molecular flexibility index (Phi) is 53.3. The second-order valence-corrected chi connectivity index (χ2v) is 19.2. The van der Waals surface area contributed by atoms with E-state index >= 15 is 0 Å². The minimum Gasteiger partial charge on any atom is -0.462 e. The number of esters is 3. The van der Waals surface area contributed by atoms with Crippen molar-refractivity contribution in [2.24, 2.45) is 0 Å². The third-order valence-electron chi connectivity index (χ3n) is 12.5. The summed E-state index contributed by atoms with van der Waals surface area (Å²) in [5.74, 6) is -0.878. The van der Waals surface area contributed by atoms with Gasteiger partial charge in [-0.05, 0) is 83.5 Å². The van der Waals surface area contributed by atoms with Gasteiger partial charge < -0.3 is 14.2 Å². The first-order valence-electron chi connectivity index (χ1n) is 28.8. The van der Waals surface area contributed by atoms with Gasteiger partial charge in [-0.2, -0.15) is 0 Å². The van der Waals surface area contributed by atoms with Crippen LogP contribution in [0, 0.1) is 0 Å². The Morgan fingerprint density at radius 2 is 0.582 bits per heavy atom. The molecule has 0 aromatic carbocycles. The molecule has 0 saturated heterocycles. The van der Waals surface area contributed by atoms with Gasteiger partial charge in [-0.1, -0.05) is 248 Å². The number of allylic oxidation sites excluding steroid dienone is 10. The van der Waals surface area contributed by atoms with Crippen LogP contribution in [0.4, 0.5) is 0 Å². The number of unbranched alkanes of at least 4 members (excludes halogenated alkanes) is 31. The lowest BCUT2D eigenvalue weighted by molar-refractivity contribution is -0.167. The lowest BCUT2D eigenvalue weighted by atomic mass is 10.0. The van der Waals surface area contributed by atoms with Crippen LogP contribution < -0.4 is 0 Å². The monoisotopic (exact) mass is 937 g/mol. The van der Waals surface area contributed by atoms with Crippen LogP contribution in [0.15, 0.2) is 60.8 Å².